The number of unbranched alkanes of at least 4 members (excludes halogenated alkanes) is 2. The van der Waals surface area contributed by atoms with Crippen LogP contribution in [0.25, 0.3) is 11.3 Å². The van der Waals surface area contributed by atoms with Crippen LogP contribution in [0.5, 0.6) is 0 Å². The van der Waals surface area contributed by atoms with E-state index < -0.39 is 5.97 Å². The summed E-state index contributed by atoms with van der Waals surface area (Å²) in [5.41, 5.74) is 1.57. The summed E-state index contributed by atoms with van der Waals surface area (Å²) in [7, 11) is 3.12. The van der Waals surface area contributed by atoms with E-state index in [0.717, 1.165) is 24.8 Å². The molecule has 2 rings (SSSR count). The van der Waals surface area contributed by atoms with Gasteiger partial charge in [-0.25, -0.2) is 9.48 Å². The van der Waals surface area contributed by atoms with Crippen LogP contribution in [-0.2, 0) is 18.3 Å². The van der Waals surface area contributed by atoms with Gasteiger partial charge in [-0.3, -0.25) is 4.68 Å². The van der Waals surface area contributed by atoms with Gasteiger partial charge in [-0.2, -0.15) is 5.10 Å². The zero-order chi connectivity index (χ0) is 15.2. The minimum Gasteiger partial charge on any atom is -0.464 e. The molecule has 2 aromatic rings. The largest absolute Gasteiger partial charge is 0.464 e. The van der Waals surface area contributed by atoms with Gasteiger partial charge >= 0.3 is 5.97 Å². The number of hydrogen-bond acceptors (Lipinski definition) is 6. The van der Waals surface area contributed by atoms with Crippen LogP contribution in [0.1, 0.15) is 29.8 Å². The van der Waals surface area contributed by atoms with E-state index >= 15 is 0 Å². The number of aromatic nitrogens is 5. The molecule has 0 bridgehead atoms. The molecule has 0 aliphatic carbocycles. The van der Waals surface area contributed by atoms with Crippen LogP contribution in [-0.4, -0.2) is 49.6 Å². The van der Waals surface area contributed by atoms with E-state index in [1.165, 1.54) is 7.11 Å². The van der Waals surface area contributed by atoms with Crippen molar-refractivity contribution in [2.45, 2.75) is 25.8 Å². The first-order chi connectivity index (χ1) is 10.2. The number of methoxy groups -OCH3 is 1. The van der Waals surface area contributed by atoms with Gasteiger partial charge in [0.1, 0.15) is 5.69 Å². The van der Waals surface area contributed by atoms with E-state index in [0.29, 0.717) is 12.2 Å². The fourth-order valence-corrected chi connectivity index (χ4v) is 2.08. The first-order valence-corrected chi connectivity index (χ1v) is 6.79. The maximum absolute atomic E-state index is 11.8. The molecule has 1 N–H and O–H groups in total. The molecule has 2 heterocycles. The molecule has 114 valence electrons. The fourth-order valence-electron chi connectivity index (χ4n) is 2.08. The second-order valence-corrected chi connectivity index (χ2v) is 4.69. The highest BCUT2D eigenvalue weighted by Crippen LogP contribution is 2.22. The van der Waals surface area contributed by atoms with E-state index in [4.69, 9.17) is 9.84 Å². The molecule has 21 heavy (non-hydrogen) atoms. The van der Waals surface area contributed by atoms with Crippen LogP contribution in [0, 0.1) is 0 Å². The predicted octanol–water partition coefficient (Wildman–Crippen LogP) is 0.628. The lowest BCUT2D eigenvalue weighted by atomic mass is 10.2. The summed E-state index contributed by atoms with van der Waals surface area (Å²) in [5.74, 6) is -0.518. The number of rotatable bonds is 7. The van der Waals surface area contributed by atoms with Crippen molar-refractivity contribution in [3.05, 3.63) is 18.1 Å². The number of ether oxygens (including phenoxy) is 1. The molecule has 0 unspecified atom stereocenters. The number of hydrogen-bond donors (Lipinski definition) is 1. The number of carbonyl (C=O) groups excluding carboxylic acids is 1. The molecule has 0 aromatic carbocycles. The van der Waals surface area contributed by atoms with Crippen LogP contribution in [0.15, 0.2) is 12.4 Å². The van der Waals surface area contributed by atoms with Gasteiger partial charge in [0.05, 0.1) is 13.3 Å². The predicted molar refractivity (Wildman–Crippen MR) is 74.5 cm³/mol. The Kier molecular flexibility index (Phi) is 5.04. The lowest BCUT2D eigenvalue weighted by Gasteiger charge is -2.05. The highest BCUT2D eigenvalue weighted by molar-refractivity contribution is 5.93. The summed E-state index contributed by atoms with van der Waals surface area (Å²) in [6.45, 7) is 0.800. The Labute approximate surface area is 122 Å². The average Bonchev–Trinajstić information content (AvgIpc) is 3.08. The van der Waals surface area contributed by atoms with Gasteiger partial charge in [0.25, 0.3) is 0 Å². The molecule has 0 amide bonds. The molecule has 0 spiro atoms. The third-order valence-corrected chi connectivity index (χ3v) is 3.12. The van der Waals surface area contributed by atoms with Crippen LogP contribution in [0.3, 0.4) is 0 Å². The maximum atomic E-state index is 11.8. The molecule has 0 fully saturated rings. The summed E-state index contributed by atoms with van der Waals surface area (Å²) in [4.78, 5) is 11.8. The quantitative estimate of drug-likeness (QED) is 0.594. The zero-order valence-electron chi connectivity index (χ0n) is 12.2. The van der Waals surface area contributed by atoms with E-state index in [-0.39, 0.29) is 12.3 Å². The number of nitrogens with zero attached hydrogens (tertiary/aromatic N) is 5. The highest BCUT2D eigenvalue weighted by atomic mass is 16.5. The Morgan fingerprint density at radius 1 is 1.38 bits per heavy atom. The molecule has 8 heteroatoms. The molecule has 0 aliphatic heterocycles. The molecule has 0 saturated heterocycles. The van der Waals surface area contributed by atoms with Gasteiger partial charge in [-0.05, 0) is 19.3 Å². The monoisotopic (exact) mass is 293 g/mol. The van der Waals surface area contributed by atoms with Gasteiger partial charge in [-0.1, -0.05) is 5.21 Å². The standard InChI is InChI=1S/C13H19N5O3/c1-17-9-10(8-14-17)12-11(13(20)21-2)15-16-18(12)6-4-3-5-7-19/h8-9,19H,3-7H2,1-2H3. The molecule has 0 saturated carbocycles. The van der Waals surface area contributed by atoms with Crippen molar-refractivity contribution in [2.24, 2.45) is 7.05 Å². The number of aliphatic hydroxyl groups is 1. The van der Waals surface area contributed by atoms with Crippen molar-refractivity contribution in [3.8, 4) is 11.3 Å². The van der Waals surface area contributed by atoms with E-state index in [1.807, 2.05) is 0 Å². The molecule has 0 aliphatic rings. The molecular weight excluding hydrogens is 274 g/mol. The smallest absolute Gasteiger partial charge is 0.360 e. The van der Waals surface area contributed by atoms with Crippen molar-refractivity contribution >= 4 is 5.97 Å². The normalized spacial score (nSPS) is 10.8. The van der Waals surface area contributed by atoms with Crippen LogP contribution >= 0.6 is 0 Å². The zero-order valence-corrected chi connectivity index (χ0v) is 12.2. The Balaban J connectivity index is 2.28. The van der Waals surface area contributed by atoms with Crippen molar-refractivity contribution in [3.63, 3.8) is 0 Å². The SMILES string of the molecule is COC(=O)c1nnn(CCCCCO)c1-c1cnn(C)c1. The summed E-state index contributed by atoms with van der Waals surface area (Å²) in [5, 5.41) is 20.9. The number of carbonyl (C=O) groups is 1. The minimum absolute atomic E-state index is 0.181. The lowest BCUT2D eigenvalue weighted by Crippen LogP contribution is -2.06. The second kappa shape index (κ2) is 6.98. The maximum Gasteiger partial charge on any atom is 0.360 e. The fraction of sp³-hybridized carbons (Fsp3) is 0.538. The summed E-state index contributed by atoms with van der Waals surface area (Å²) in [6, 6.07) is 0. The molecule has 0 atom stereocenters. The molecule has 8 nitrogen and oxygen atoms in total. The first kappa shape index (κ1) is 15.2. The van der Waals surface area contributed by atoms with Crippen molar-refractivity contribution in [1.29, 1.82) is 0 Å². The molecular formula is C13H19N5O3. The molecule has 2 aromatic heterocycles. The van der Waals surface area contributed by atoms with E-state index in [2.05, 4.69) is 15.4 Å². The Bertz CT molecular complexity index is 605. The highest BCUT2D eigenvalue weighted by Gasteiger charge is 2.22. The topological polar surface area (TPSA) is 95.1 Å². The van der Waals surface area contributed by atoms with Crippen LogP contribution in [0.4, 0.5) is 0 Å². The second-order valence-electron chi connectivity index (χ2n) is 4.69. The van der Waals surface area contributed by atoms with Crippen molar-refractivity contribution in [1.82, 2.24) is 24.8 Å². The van der Waals surface area contributed by atoms with Gasteiger partial charge in [0, 0.05) is 32.0 Å². The third-order valence-electron chi connectivity index (χ3n) is 3.12. The number of aryl methyl sites for hydroxylation is 2. The average molecular weight is 293 g/mol. The van der Waals surface area contributed by atoms with Crippen LogP contribution < -0.4 is 0 Å². The Morgan fingerprint density at radius 2 is 2.19 bits per heavy atom. The number of esters is 1. The third kappa shape index (κ3) is 3.46. The summed E-state index contributed by atoms with van der Waals surface area (Å²) < 4.78 is 8.08. The van der Waals surface area contributed by atoms with Gasteiger partial charge in [0.2, 0.25) is 0 Å². The summed E-state index contributed by atoms with van der Waals surface area (Å²) in [6.07, 6.45) is 5.94. The van der Waals surface area contributed by atoms with E-state index in [1.54, 1.807) is 28.8 Å². The Hall–Kier alpha value is -2.22. The lowest BCUT2D eigenvalue weighted by molar-refractivity contribution is 0.0595. The molecule has 0 radical (unpaired) electrons. The summed E-state index contributed by atoms with van der Waals surface area (Å²) >= 11 is 0. The van der Waals surface area contributed by atoms with Crippen molar-refractivity contribution < 1.29 is 14.6 Å². The van der Waals surface area contributed by atoms with Crippen molar-refractivity contribution in [2.75, 3.05) is 13.7 Å². The first-order valence-electron chi connectivity index (χ1n) is 6.79. The van der Waals surface area contributed by atoms with E-state index in [9.17, 15) is 4.79 Å². The Morgan fingerprint density at radius 3 is 2.81 bits per heavy atom. The van der Waals surface area contributed by atoms with Crippen LogP contribution in [0.2, 0.25) is 0 Å². The van der Waals surface area contributed by atoms with Gasteiger partial charge < -0.3 is 9.84 Å². The van der Waals surface area contributed by atoms with Gasteiger partial charge in [0.15, 0.2) is 5.69 Å². The van der Waals surface area contributed by atoms with Gasteiger partial charge in [-0.15, -0.1) is 5.10 Å². The number of aliphatic hydroxyl groups excluding tert-OH is 1. The minimum atomic E-state index is -0.518.